The Bertz CT molecular complexity index is 321. The Hall–Kier alpha value is -1.29. The number of aromatic nitrogens is 1. The highest BCUT2D eigenvalue weighted by atomic mass is 16.5. The summed E-state index contributed by atoms with van der Waals surface area (Å²) in [6, 6.07) is 3.65. The molecule has 16 heavy (non-hydrogen) atoms. The molecule has 0 amide bonds. The second-order valence-electron chi connectivity index (χ2n) is 3.77. The van der Waals surface area contributed by atoms with Gasteiger partial charge in [0.25, 0.3) is 0 Å². The molecule has 90 valence electrons. The lowest BCUT2D eigenvalue weighted by Crippen LogP contribution is -2.15. The molecule has 0 fully saturated rings. The van der Waals surface area contributed by atoms with E-state index in [9.17, 15) is 4.79 Å². The van der Waals surface area contributed by atoms with Crippen LogP contribution in [0.5, 0.6) is 0 Å². The van der Waals surface area contributed by atoms with E-state index in [2.05, 4.69) is 22.0 Å². The number of carbonyl (C=O) groups is 1. The normalized spacial score (nSPS) is 10.4. The van der Waals surface area contributed by atoms with Crippen molar-refractivity contribution in [1.82, 2.24) is 10.3 Å². The molecule has 2 N–H and O–H groups in total. The summed E-state index contributed by atoms with van der Waals surface area (Å²) in [4.78, 5) is 14.2. The molecule has 0 aliphatic carbocycles. The van der Waals surface area contributed by atoms with Gasteiger partial charge in [-0.3, -0.25) is 0 Å². The van der Waals surface area contributed by atoms with Gasteiger partial charge in [-0.05, 0) is 25.1 Å². The van der Waals surface area contributed by atoms with Gasteiger partial charge in [-0.2, -0.15) is 0 Å². The average Bonchev–Trinajstić information content (AvgIpc) is 2.76. The number of ether oxygens (including phenoxy) is 1. The van der Waals surface area contributed by atoms with Crippen molar-refractivity contribution in [3.05, 3.63) is 23.5 Å². The van der Waals surface area contributed by atoms with Crippen LogP contribution in [0, 0.1) is 0 Å². The van der Waals surface area contributed by atoms with Gasteiger partial charge in [-0.15, -0.1) is 0 Å². The van der Waals surface area contributed by atoms with Gasteiger partial charge < -0.3 is 15.0 Å². The van der Waals surface area contributed by atoms with Crippen molar-refractivity contribution in [1.29, 1.82) is 0 Å². The van der Waals surface area contributed by atoms with Crippen LogP contribution in [0.1, 0.15) is 42.4 Å². The highest BCUT2D eigenvalue weighted by Gasteiger charge is 2.06. The number of unbranched alkanes of at least 4 members (excludes halogenated alkanes) is 2. The second-order valence-corrected chi connectivity index (χ2v) is 3.77. The number of nitrogens with one attached hydrogen (secondary N) is 2. The summed E-state index contributed by atoms with van der Waals surface area (Å²) >= 11 is 0. The predicted octanol–water partition coefficient (Wildman–Crippen LogP) is 2.08. The Labute approximate surface area is 96.4 Å². The fraction of sp³-hybridized carbons (Fsp3) is 0.583. The maximum absolute atomic E-state index is 11.2. The van der Waals surface area contributed by atoms with Gasteiger partial charge in [-0.25, -0.2) is 4.79 Å². The Morgan fingerprint density at radius 2 is 2.25 bits per heavy atom. The highest BCUT2D eigenvalue weighted by Crippen LogP contribution is 2.03. The van der Waals surface area contributed by atoms with Crippen LogP contribution in [0.2, 0.25) is 0 Å². The molecule has 4 heteroatoms. The quantitative estimate of drug-likeness (QED) is 0.550. The maximum Gasteiger partial charge on any atom is 0.354 e. The molecule has 1 aromatic rings. The monoisotopic (exact) mass is 224 g/mol. The lowest BCUT2D eigenvalue weighted by molar-refractivity contribution is 0.0594. The van der Waals surface area contributed by atoms with Gasteiger partial charge in [0.15, 0.2) is 0 Å². The summed E-state index contributed by atoms with van der Waals surface area (Å²) in [6.07, 6.45) is 3.68. The molecule has 0 saturated heterocycles. The molecule has 4 nitrogen and oxygen atoms in total. The molecule has 0 unspecified atom stereocenters. The number of hydrogen-bond donors (Lipinski definition) is 2. The Kier molecular flexibility index (Phi) is 5.64. The minimum atomic E-state index is -0.322. The molecular formula is C12H20N2O2. The number of rotatable bonds is 7. The summed E-state index contributed by atoms with van der Waals surface area (Å²) in [5.74, 6) is -0.322. The van der Waals surface area contributed by atoms with Crippen LogP contribution in [0.4, 0.5) is 0 Å². The van der Waals surface area contributed by atoms with Crippen LogP contribution in [0.15, 0.2) is 12.1 Å². The van der Waals surface area contributed by atoms with E-state index in [-0.39, 0.29) is 5.97 Å². The van der Waals surface area contributed by atoms with Crippen LogP contribution in [0.25, 0.3) is 0 Å². The largest absolute Gasteiger partial charge is 0.464 e. The smallest absolute Gasteiger partial charge is 0.354 e. The van der Waals surface area contributed by atoms with Crippen LogP contribution in [0.3, 0.4) is 0 Å². The van der Waals surface area contributed by atoms with Crippen molar-refractivity contribution in [2.45, 2.75) is 32.7 Å². The molecule has 0 radical (unpaired) electrons. The van der Waals surface area contributed by atoms with Gasteiger partial charge in [-0.1, -0.05) is 19.8 Å². The van der Waals surface area contributed by atoms with Crippen LogP contribution in [-0.4, -0.2) is 24.6 Å². The molecule has 0 aromatic carbocycles. The Morgan fingerprint density at radius 3 is 2.94 bits per heavy atom. The van der Waals surface area contributed by atoms with Crippen molar-refractivity contribution in [2.24, 2.45) is 0 Å². The third-order valence-corrected chi connectivity index (χ3v) is 2.42. The first-order valence-electron chi connectivity index (χ1n) is 5.74. The van der Waals surface area contributed by atoms with Crippen molar-refractivity contribution < 1.29 is 9.53 Å². The van der Waals surface area contributed by atoms with Crippen LogP contribution >= 0.6 is 0 Å². The molecule has 0 bridgehead atoms. The van der Waals surface area contributed by atoms with Crippen molar-refractivity contribution in [3.63, 3.8) is 0 Å². The Morgan fingerprint density at radius 1 is 1.44 bits per heavy atom. The van der Waals surface area contributed by atoms with E-state index in [0.717, 1.165) is 18.8 Å². The molecule has 0 saturated carbocycles. The summed E-state index contributed by atoms with van der Waals surface area (Å²) in [5, 5.41) is 3.32. The third-order valence-electron chi connectivity index (χ3n) is 2.42. The van der Waals surface area contributed by atoms with Crippen LogP contribution < -0.4 is 5.32 Å². The predicted molar refractivity (Wildman–Crippen MR) is 63.4 cm³/mol. The minimum Gasteiger partial charge on any atom is -0.464 e. The van der Waals surface area contributed by atoms with E-state index in [4.69, 9.17) is 0 Å². The SMILES string of the molecule is CCCCCNCc1ccc(C(=O)OC)[nH]1. The van der Waals surface area contributed by atoms with E-state index < -0.39 is 0 Å². The minimum absolute atomic E-state index is 0.322. The first-order valence-corrected chi connectivity index (χ1v) is 5.74. The van der Waals surface area contributed by atoms with Gasteiger partial charge in [0.2, 0.25) is 0 Å². The van der Waals surface area contributed by atoms with Crippen molar-refractivity contribution in [2.75, 3.05) is 13.7 Å². The first-order chi connectivity index (χ1) is 7.77. The van der Waals surface area contributed by atoms with Gasteiger partial charge in [0.1, 0.15) is 5.69 Å². The highest BCUT2D eigenvalue weighted by molar-refractivity contribution is 5.87. The fourth-order valence-electron chi connectivity index (χ4n) is 1.50. The van der Waals surface area contributed by atoms with Gasteiger partial charge in [0, 0.05) is 12.2 Å². The zero-order valence-corrected chi connectivity index (χ0v) is 10.0. The molecule has 0 spiro atoms. The summed E-state index contributed by atoms with van der Waals surface area (Å²) in [5.41, 5.74) is 1.52. The van der Waals surface area contributed by atoms with E-state index in [1.807, 2.05) is 6.07 Å². The molecule has 1 aromatic heterocycles. The first kappa shape index (κ1) is 12.8. The van der Waals surface area contributed by atoms with E-state index >= 15 is 0 Å². The fourth-order valence-corrected chi connectivity index (χ4v) is 1.50. The number of H-pyrrole nitrogens is 1. The molecule has 0 atom stereocenters. The summed E-state index contributed by atoms with van der Waals surface area (Å²) < 4.78 is 4.62. The number of esters is 1. The average molecular weight is 224 g/mol. The zero-order valence-electron chi connectivity index (χ0n) is 10.0. The molecular weight excluding hydrogens is 204 g/mol. The lowest BCUT2D eigenvalue weighted by Gasteiger charge is -2.02. The number of carbonyl (C=O) groups excluding carboxylic acids is 1. The van der Waals surface area contributed by atoms with Crippen molar-refractivity contribution in [3.8, 4) is 0 Å². The maximum atomic E-state index is 11.2. The van der Waals surface area contributed by atoms with Crippen LogP contribution in [-0.2, 0) is 11.3 Å². The Balaban J connectivity index is 2.27. The van der Waals surface area contributed by atoms with Gasteiger partial charge >= 0.3 is 5.97 Å². The standard InChI is InChI=1S/C12H20N2O2/c1-3-4-5-8-13-9-10-6-7-11(14-10)12(15)16-2/h6-7,13-14H,3-5,8-9H2,1-2H3. The molecule has 1 heterocycles. The second kappa shape index (κ2) is 7.06. The molecule has 0 aliphatic heterocycles. The van der Waals surface area contributed by atoms with E-state index in [1.165, 1.54) is 26.4 Å². The van der Waals surface area contributed by atoms with Gasteiger partial charge in [0.05, 0.1) is 7.11 Å². The lowest BCUT2D eigenvalue weighted by atomic mass is 10.2. The summed E-state index contributed by atoms with van der Waals surface area (Å²) in [6.45, 7) is 3.97. The number of hydrogen-bond acceptors (Lipinski definition) is 3. The zero-order chi connectivity index (χ0) is 11.8. The van der Waals surface area contributed by atoms with E-state index in [1.54, 1.807) is 6.07 Å². The summed E-state index contributed by atoms with van der Waals surface area (Å²) in [7, 11) is 1.38. The van der Waals surface area contributed by atoms with Crippen molar-refractivity contribution >= 4 is 5.97 Å². The number of aromatic amines is 1. The number of methoxy groups -OCH3 is 1. The van der Waals surface area contributed by atoms with E-state index in [0.29, 0.717) is 5.69 Å². The molecule has 0 aliphatic rings. The molecule has 1 rings (SSSR count). The third kappa shape index (κ3) is 4.06. The topological polar surface area (TPSA) is 54.1 Å².